The second-order valence-corrected chi connectivity index (χ2v) is 8.64. The fourth-order valence-electron chi connectivity index (χ4n) is 4.85. The third-order valence-electron chi connectivity index (χ3n) is 6.50. The Balaban J connectivity index is 1.41. The topological polar surface area (TPSA) is 20.2 Å². The zero-order valence-electron chi connectivity index (χ0n) is 17.8. The number of aliphatic hydroxyl groups excluding tert-OH is 1. The van der Waals surface area contributed by atoms with E-state index < -0.39 is 0 Å². The van der Waals surface area contributed by atoms with E-state index in [1.807, 2.05) is 0 Å². The van der Waals surface area contributed by atoms with Crippen LogP contribution in [0.2, 0.25) is 0 Å². The molecule has 1 heteroatoms. The molecule has 1 unspecified atom stereocenters. The molecule has 0 fully saturated rings. The predicted octanol–water partition coefficient (Wildman–Crippen LogP) is 8.54. The van der Waals surface area contributed by atoms with Gasteiger partial charge in [-0.3, -0.25) is 0 Å². The summed E-state index contributed by atoms with van der Waals surface area (Å²) in [6.45, 7) is 2.27. The van der Waals surface area contributed by atoms with E-state index in [1.54, 1.807) is 0 Å². The highest BCUT2D eigenvalue weighted by molar-refractivity contribution is 6.23. The first-order valence-corrected chi connectivity index (χ1v) is 11.6. The Hall–Kier alpha value is -2.12. The van der Waals surface area contributed by atoms with E-state index in [0.717, 1.165) is 18.4 Å². The molecule has 0 aromatic heterocycles. The van der Waals surface area contributed by atoms with E-state index in [0.29, 0.717) is 0 Å². The van der Waals surface area contributed by atoms with E-state index in [9.17, 15) is 5.11 Å². The summed E-state index contributed by atoms with van der Waals surface area (Å²) in [5.41, 5.74) is 1.09. The Kier molecular flexibility index (Phi) is 6.67. The normalized spacial score (nSPS) is 13.0. The van der Waals surface area contributed by atoms with Gasteiger partial charge in [-0.05, 0) is 44.3 Å². The number of unbranched alkanes of at least 4 members (excludes halogenated alkanes) is 8. The minimum atomic E-state index is -0.371. The van der Waals surface area contributed by atoms with Gasteiger partial charge >= 0.3 is 0 Å². The second-order valence-electron chi connectivity index (χ2n) is 8.64. The van der Waals surface area contributed by atoms with Crippen molar-refractivity contribution in [3.63, 3.8) is 0 Å². The van der Waals surface area contributed by atoms with Crippen molar-refractivity contribution >= 4 is 32.3 Å². The fraction of sp³-hybridized carbons (Fsp3) is 0.429. The third kappa shape index (κ3) is 4.41. The van der Waals surface area contributed by atoms with Gasteiger partial charge in [0.05, 0.1) is 6.10 Å². The van der Waals surface area contributed by atoms with E-state index in [2.05, 4.69) is 61.5 Å². The van der Waals surface area contributed by atoms with E-state index in [4.69, 9.17) is 0 Å². The van der Waals surface area contributed by atoms with E-state index in [1.165, 1.54) is 83.7 Å². The molecule has 152 valence electrons. The lowest BCUT2D eigenvalue weighted by atomic mass is 9.89. The standard InChI is InChI=1S/C28H34O/c1-2-3-4-5-6-7-8-9-10-14-26(29)24-19-17-23-16-15-21-12-11-13-22-18-20-25(24)28(23)27(21)22/h11-13,15-20,26,29H,2-10,14H2,1H3. The average Bonchev–Trinajstić information content (AvgIpc) is 2.76. The van der Waals surface area contributed by atoms with Gasteiger partial charge in [0.2, 0.25) is 0 Å². The molecule has 4 aromatic rings. The SMILES string of the molecule is CCCCCCCCCCCC(O)c1ccc2ccc3cccc4ccc1c2c34. The smallest absolute Gasteiger partial charge is 0.0796 e. The first kappa shape index (κ1) is 20.2. The maximum absolute atomic E-state index is 11.0. The lowest BCUT2D eigenvalue weighted by Gasteiger charge is -2.17. The van der Waals surface area contributed by atoms with E-state index >= 15 is 0 Å². The summed E-state index contributed by atoms with van der Waals surface area (Å²) in [7, 11) is 0. The van der Waals surface area contributed by atoms with Gasteiger partial charge in [-0.15, -0.1) is 0 Å². The summed E-state index contributed by atoms with van der Waals surface area (Å²) in [4.78, 5) is 0. The summed E-state index contributed by atoms with van der Waals surface area (Å²) >= 11 is 0. The van der Waals surface area contributed by atoms with Gasteiger partial charge in [0, 0.05) is 0 Å². The molecule has 4 aromatic carbocycles. The molecule has 0 aliphatic carbocycles. The van der Waals surface area contributed by atoms with Crippen LogP contribution in [0.25, 0.3) is 32.3 Å². The van der Waals surface area contributed by atoms with Crippen molar-refractivity contribution in [1.82, 2.24) is 0 Å². The first-order chi connectivity index (χ1) is 14.3. The zero-order chi connectivity index (χ0) is 20.1. The molecule has 4 rings (SSSR count). The number of aliphatic hydroxyl groups is 1. The molecule has 29 heavy (non-hydrogen) atoms. The molecule has 0 saturated carbocycles. The molecular formula is C28H34O. The largest absolute Gasteiger partial charge is 0.388 e. The molecular weight excluding hydrogens is 352 g/mol. The maximum Gasteiger partial charge on any atom is 0.0796 e. The van der Waals surface area contributed by atoms with Gasteiger partial charge < -0.3 is 5.11 Å². The van der Waals surface area contributed by atoms with Crippen LogP contribution in [-0.2, 0) is 0 Å². The van der Waals surface area contributed by atoms with Crippen LogP contribution in [0, 0.1) is 0 Å². The van der Waals surface area contributed by atoms with Crippen molar-refractivity contribution in [1.29, 1.82) is 0 Å². The predicted molar refractivity (Wildman–Crippen MR) is 127 cm³/mol. The molecule has 0 aliphatic heterocycles. The third-order valence-corrected chi connectivity index (χ3v) is 6.50. The number of rotatable bonds is 11. The first-order valence-electron chi connectivity index (χ1n) is 11.6. The molecule has 1 nitrogen and oxygen atoms in total. The maximum atomic E-state index is 11.0. The summed E-state index contributed by atoms with van der Waals surface area (Å²) in [5, 5.41) is 18.6. The molecule has 1 atom stereocenters. The highest BCUT2D eigenvalue weighted by atomic mass is 16.3. The van der Waals surface area contributed by atoms with Crippen molar-refractivity contribution in [2.45, 2.75) is 77.2 Å². The van der Waals surface area contributed by atoms with Gasteiger partial charge in [-0.2, -0.15) is 0 Å². The number of hydrogen-bond acceptors (Lipinski definition) is 1. The van der Waals surface area contributed by atoms with Gasteiger partial charge in [-0.25, -0.2) is 0 Å². The van der Waals surface area contributed by atoms with Crippen LogP contribution in [0.3, 0.4) is 0 Å². The Morgan fingerprint density at radius 2 is 1.17 bits per heavy atom. The molecule has 0 saturated heterocycles. The fourth-order valence-corrected chi connectivity index (χ4v) is 4.85. The van der Waals surface area contributed by atoms with Gasteiger partial charge in [0.25, 0.3) is 0 Å². The van der Waals surface area contributed by atoms with Crippen LogP contribution in [0.1, 0.15) is 82.8 Å². The second kappa shape index (κ2) is 9.59. The van der Waals surface area contributed by atoms with Crippen LogP contribution in [0.15, 0.2) is 54.6 Å². The lowest BCUT2D eigenvalue weighted by molar-refractivity contribution is 0.165. The molecule has 0 heterocycles. The van der Waals surface area contributed by atoms with Crippen molar-refractivity contribution in [3.8, 4) is 0 Å². The highest BCUT2D eigenvalue weighted by Gasteiger charge is 2.15. The monoisotopic (exact) mass is 386 g/mol. The molecule has 0 aliphatic rings. The highest BCUT2D eigenvalue weighted by Crippen LogP contribution is 2.38. The molecule has 0 radical (unpaired) electrons. The Bertz CT molecular complexity index is 1030. The molecule has 0 amide bonds. The zero-order valence-corrected chi connectivity index (χ0v) is 17.8. The Labute approximate surface area is 175 Å². The molecule has 0 spiro atoms. The summed E-state index contributed by atoms with van der Waals surface area (Å²) in [5.74, 6) is 0. The average molecular weight is 387 g/mol. The van der Waals surface area contributed by atoms with Crippen LogP contribution in [-0.4, -0.2) is 5.11 Å². The van der Waals surface area contributed by atoms with Crippen molar-refractivity contribution < 1.29 is 5.11 Å². The summed E-state index contributed by atoms with van der Waals surface area (Å²) < 4.78 is 0. The quantitative estimate of drug-likeness (QED) is 0.202. The van der Waals surface area contributed by atoms with Crippen molar-refractivity contribution in [2.75, 3.05) is 0 Å². The molecule has 1 N–H and O–H groups in total. The van der Waals surface area contributed by atoms with Crippen molar-refractivity contribution in [2.24, 2.45) is 0 Å². The summed E-state index contributed by atoms with van der Waals surface area (Å²) in [6, 6.07) is 19.7. The Morgan fingerprint density at radius 1 is 0.621 bits per heavy atom. The van der Waals surface area contributed by atoms with E-state index in [-0.39, 0.29) is 6.10 Å². The minimum absolute atomic E-state index is 0.371. The van der Waals surface area contributed by atoms with Gasteiger partial charge in [0.1, 0.15) is 0 Å². The van der Waals surface area contributed by atoms with Crippen LogP contribution in [0.5, 0.6) is 0 Å². The van der Waals surface area contributed by atoms with Gasteiger partial charge in [0.15, 0.2) is 0 Å². The van der Waals surface area contributed by atoms with Crippen molar-refractivity contribution in [3.05, 3.63) is 60.2 Å². The minimum Gasteiger partial charge on any atom is -0.388 e. The van der Waals surface area contributed by atoms with Crippen LogP contribution in [0.4, 0.5) is 0 Å². The molecule has 0 bridgehead atoms. The number of hydrogen-bond donors (Lipinski definition) is 1. The van der Waals surface area contributed by atoms with Crippen LogP contribution < -0.4 is 0 Å². The lowest BCUT2D eigenvalue weighted by Crippen LogP contribution is -1.99. The number of benzene rings is 4. The summed E-state index contributed by atoms with van der Waals surface area (Å²) in [6.07, 6.45) is 12.3. The van der Waals surface area contributed by atoms with Crippen LogP contribution >= 0.6 is 0 Å². The Morgan fingerprint density at radius 3 is 1.86 bits per heavy atom. The van der Waals surface area contributed by atoms with Gasteiger partial charge in [-0.1, -0.05) is 119 Å².